The Kier molecular flexibility index (Phi) is 5.28. The predicted octanol–water partition coefficient (Wildman–Crippen LogP) is 0.680. The number of anilines is 1. The number of imidazole rings is 1. The summed E-state index contributed by atoms with van der Waals surface area (Å²) < 4.78 is 6.80. The molecule has 0 atom stereocenters. The highest BCUT2D eigenvalue weighted by molar-refractivity contribution is 5.75. The summed E-state index contributed by atoms with van der Waals surface area (Å²) in [5.41, 5.74) is 7.53. The maximum absolute atomic E-state index is 11.7. The van der Waals surface area contributed by atoms with Crippen LogP contribution < -0.4 is 11.1 Å². The van der Waals surface area contributed by atoms with Gasteiger partial charge < -0.3 is 20.4 Å². The van der Waals surface area contributed by atoms with E-state index in [1.807, 2.05) is 10.6 Å². The molecule has 2 rings (SSSR count). The van der Waals surface area contributed by atoms with Crippen LogP contribution in [0.5, 0.6) is 0 Å². The van der Waals surface area contributed by atoms with Crippen LogP contribution in [0.4, 0.5) is 5.82 Å². The molecule has 0 aromatic carbocycles. The summed E-state index contributed by atoms with van der Waals surface area (Å²) in [5.74, 6) is 0.443. The second kappa shape index (κ2) is 7.39. The second-order valence-corrected chi connectivity index (χ2v) is 4.53. The summed E-state index contributed by atoms with van der Waals surface area (Å²) in [6, 6.07) is 3.65. The number of ether oxygens (including phenoxy) is 1. The van der Waals surface area contributed by atoms with Crippen molar-refractivity contribution in [2.75, 3.05) is 26.0 Å². The Balaban J connectivity index is 1.96. The van der Waals surface area contributed by atoms with Crippen LogP contribution in [0.1, 0.15) is 6.42 Å². The van der Waals surface area contributed by atoms with E-state index in [1.54, 1.807) is 31.9 Å². The Bertz CT molecular complexity index is 597. The van der Waals surface area contributed by atoms with E-state index < -0.39 is 0 Å². The standard InChI is InChI=1S/C14H19N5O2/c1-21-7-5-18-14(20)3-6-19-10-16-9-12(19)11-2-4-17-13(15)8-11/h2,4,8-10H,3,5-7H2,1H3,(H2,15,17)(H,18,20). The quantitative estimate of drug-likeness (QED) is 0.731. The monoisotopic (exact) mass is 289 g/mol. The van der Waals surface area contributed by atoms with Crippen molar-refractivity contribution in [1.82, 2.24) is 19.9 Å². The van der Waals surface area contributed by atoms with Crippen molar-refractivity contribution in [2.45, 2.75) is 13.0 Å². The number of nitrogens with one attached hydrogen (secondary N) is 1. The van der Waals surface area contributed by atoms with Crippen molar-refractivity contribution in [1.29, 1.82) is 0 Å². The zero-order valence-electron chi connectivity index (χ0n) is 12.0. The first kappa shape index (κ1) is 15.0. The molecule has 2 aromatic rings. The summed E-state index contributed by atoms with van der Waals surface area (Å²) in [6.45, 7) is 1.59. The molecular weight excluding hydrogens is 270 g/mol. The lowest BCUT2D eigenvalue weighted by Gasteiger charge is -2.09. The van der Waals surface area contributed by atoms with Crippen molar-refractivity contribution < 1.29 is 9.53 Å². The van der Waals surface area contributed by atoms with E-state index in [-0.39, 0.29) is 5.91 Å². The molecule has 3 N–H and O–H groups in total. The highest BCUT2D eigenvalue weighted by Gasteiger charge is 2.08. The molecule has 0 spiro atoms. The van der Waals surface area contributed by atoms with Gasteiger partial charge in [0.1, 0.15) is 5.82 Å². The summed E-state index contributed by atoms with van der Waals surface area (Å²) in [4.78, 5) is 19.8. The number of carbonyl (C=O) groups excluding carboxylic acids is 1. The first-order valence-corrected chi connectivity index (χ1v) is 6.68. The zero-order chi connectivity index (χ0) is 15.1. The van der Waals surface area contributed by atoms with Crippen LogP contribution in [0, 0.1) is 0 Å². The summed E-state index contributed by atoms with van der Waals surface area (Å²) in [6.07, 6.45) is 5.49. The van der Waals surface area contributed by atoms with Crippen LogP contribution >= 0.6 is 0 Å². The lowest BCUT2D eigenvalue weighted by Crippen LogP contribution is -2.27. The third kappa shape index (κ3) is 4.28. The fraction of sp³-hybridized carbons (Fsp3) is 0.357. The lowest BCUT2D eigenvalue weighted by molar-refractivity contribution is -0.121. The fourth-order valence-electron chi connectivity index (χ4n) is 1.95. The lowest BCUT2D eigenvalue weighted by atomic mass is 10.2. The first-order valence-electron chi connectivity index (χ1n) is 6.68. The molecule has 0 aliphatic carbocycles. The average Bonchev–Trinajstić information content (AvgIpc) is 2.94. The molecule has 0 saturated heterocycles. The van der Waals surface area contributed by atoms with Crippen LogP contribution in [-0.2, 0) is 16.1 Å². The molecule has 0 radical (unpaired) electrons. The van der Waals surface area contributed by atoms with E-state index in [9.17, 15) is 4.79 Å². The molecule has 7 heteroatoms. The molecule has 0 saturated carbocycles. The average molecular weight is 289 g/mol. The Hall–Kier alpha value is -2.41. The number of carbonyl (C=O) groups is 1. The maximum atomic E-state index is 11.7. The fourth-order valence-corrected chi connectivity index (χ4v) is 1.95. The van der Waals surface area contributed by atoms with E-state index in [0.29, 0.717) is 31.9 Å². The molecular formula is C14H19N5O2. The van der Waals surface area contributed by atoms with Crippen molar-refractivity contribution in [3.8, 4) is 11.3 Å². The van der Waals surface area contributed by atoms with E-state index in [1.165, 1.54) is 0 Å². The number of aromatic nitrogens is 3. The highest BCUT2D eigenvalue weighted by Crippen LogP contribution is 2.20. The third-order valence-electron chi connectivity index (χ3n) is 3.00. The molecule has 0 aliphatic rings. The molecule has 112 valence electrons. The van der Waals surface area contributed by atoms with Gasteiger partial charge in [-0.3, -0.25) is 4.79 Å². The number of hydrogen-bond donors (Lipinski definition) is 2. The Morgan fingerprint density at radius 2 is 2.38 bits per heavy atom. The molecule has 0 unspecified atom stereocenters. The summed E-state index contributed by atoms with van der Waals surface area (Å²) >= 11 is 0. The minimum Gasteiger partial charge on any atom is -0.384 e. The van der Waals surface area contributed by atoms with Gasteiger partial charge in [-0.2, -0.15) is 0 Å². The molecule has 0 aliphatic heterocycles. The number of aryl methyl sites for hydroxylation is 1. The second-order valence-electron chi connectivity index (χ2n) is 4.53. The molecule has 1 amide bonds. The highest BCUT2D eigenvalue weighted by atomic mass is 16.5. The maximum Gasteiger partial charge on any atom is 0.221 e. The molecule has 0 fully saturated rings. The van der Waals surface area contributed by atoms with Gasteiger partial charge in [-0.1, -0.05) is 0 Å². The van der Waals surface area contributed by atoms with Crippen molar-refractivity contribution in [3.05, 3.63) is 30.9 Å². The van der Waals surface area contributed by atoms with Crippen LogP contribution in [0.3, 0.4) is 0 Å². The minimum atomic E-state index is -0.0130. The van der Waals surface area contributed by atoms with Gasteiger partial charge in [0.05, 0.1) is 24.8 Å². The molecule has 2 aromatic heterocycles. The number of nitrogens with zero attached hydrogens (tertiary/aromatic N) is 3. The molecule has 0 bridgehead atoms. The smallest absolute Gasteiger partial charge is 0.221 e. The Morgan fingerprint density at radius 1 is 1.52 bits per heavy atom. The Labute approximate surface area is 123 Å². The van der Waals surface area contributed by atoms with Crippen LogP contribution in [0.25, 0.3) is 11.3 Å². The van der Waals surface area contributed by atoms with Crippen molar-refractivity contribution >= 4 is 11.7 Å². The SMILES string of the molecule is COCCNC(=O)CCn1cncc1-c1ccnc(N)c1. The molecule has 2 heterocycles. The number of hydrogen-bond acceptors (Lipinski definition) is 5. The number of nitrogen functional groups attached to an aromatic ring is 1. The van der Waals surface area contributed by atoms with Crippen molar-refractivity contribution in [3.63, 3.8) is 0 Å². The van der Waals surface area contributed by atoms with Gasteiger partial charge in [0, 0.05) is 38.4 Å². The number of rotatable bonds is 7. The number of methoxy groups -OCH3 is 1. The topological polar surface area (TPSA) is 95.1 Å². The van der Waals surface area contributed by atoms with E-state index in [0.717, 1.165) is 11.3 Å². The predicted molar refractivity (Wildman–Crippen MR) is 79.4 cm³/mol. The minimum absolute atomic E-state index is 0.0130. The largest absolute Gasteiger partial charge is 0.384 e. The van der Waals surface area contributed by atoms with Gasteiger partial charge in [-0.15, -0.1) is 0 Å². The van der Waals surface area contributed by atoms with Gasteiger partial charge in [-0.25, -0.2) is 9.97 Å². The Morgan fingerprint density at radius 3 is 3.14 bits per heavy atom. The zero-order valence-corrected chi connectivity index (χ0v) is 12.0. The van der Waals surface area contributed by atoms with Gasteiger partial charge in [0.25, 0.3) is 0 Å². The van der Waals surface area contributed by atoms with Crippen LogP contribution in [0.2, 0.25) is 0 Å². The number of amides is 1. The van der Waals surface area contributed by atoms with Gasteiger partial charge in [0.2, 0.25) is 5.91 Å². The molecule has 21 heavy (non-hydrogen) atoms. The van der Waals surface area contributed by atoms with Crippen LogP contribution in [-0.4, -0.2) is 40.7 Å². The van der Waals surface area contributed by atoms with E-state index in [4.69, 9.17) is 10.5 Å². The number of nitrogens with two attached hydrogens (primary N) is 1. The first-order chi connectivity index (χ1) is 10.2. The third-order valence-corrected chi connectivity index (χ3v) is 3.00. The number of pyridine rings is 1. The van der Waals surface area contributed by atoms with Gasteiger partial charge in [-0.05, 0) is 12.1 Å². The molecule has 7 nitrogen and oxygen atoms in total. The normalized spacial score (nSPS) is 10.5. The van der Waals surface area contributed by atoms with Crippen LogP contribution in [0.15, 0.2) is 30.9 Å². The van der Waals surface area contributed by atoms with Gasteiger partial charge >= 0.3 is 0 Å². The van der Waals surface area contributed by atoms with E-state index in [2.05, 4.69) is 15.3 Å². The summed E-state index contributed by atoms with van der Waals surface area (Å²) in [7, 11) is 1.60. The summed E-state index contributed by atoms with van der Waals surface area (Å²) in [5, 5.41) is 2.79. The van der Waals surface area contributed by atoms with Crippen molar-refractivity contribution in [2.24, 2.45) is 0 Å². The van der Waals surface area contributed by atoms with E-state index >= 15 is 0 Å². The van der Waals surface area contributed by atoms with Gasteiger partial charge in [0.15, 0.2) is 0 Å².